The van der Waals surface area contributed by atoms with Crippen molar-refractivity contribution in [2.24, 2.45) is 4.99 Å². The van der Waals surface area contributed by atoms with Crippen LogP contribution in [0.2, 0.25) is 0 Å². The van der Waals surface area contributed by atoms with Crippen LogP contribution in [-0.2, 0) is 4.79 Å². The van der Waals surface area contributed by atoms with Gasteiger partial charge in [0.1, 0.15) is 6.23 Å². The van der Waals surface area contributed by atoms with Gasteiger partial charge in [0, 0.05) is 14.1 Å². The number of aliphatic hydroxyl groups excluding tert-OH is 1. The largest absolute Gasteiger partial charge is 0.475 e. The van der Waals surface area contributed by atoms with Gasteiger partial charge in [-0.1, -0.05) is 30.3 Å². The molecule has 7 nitrogen and oxygen atoms in total. The minimum Gasteiger partial charge on any atom is -0.475 e. The molecule has 0 saturated carbocycles. The molecule has 0 spiro atoms. The van der Waals surface area contributed by atoms with Crippen LogP contribution in [0.15, 0.2) is 35.3 Å². The fourth-order valence-corrected chi connectivity index (χ4v) is 1.33. The fraction of sp³-hybridized carbons (Fsp3) is 0.333. The van der Waals surface area contributed by atoms with E-state index in [1.54, 1.807) is 38.4 Å². The highest BCUT2D eigenvalue weighted by Gasteiger charge is 2.10. The van der Waals surface area contributed by atoms with Crippen LogP contribution in [0.3, 0.4) is 0 Å². The first-order valence-electron chi connectivity index (χ1n) is 5.69. The van der Waals surface area contributed by atoms with Crippen molar-refractivity contribution in [1.82, 2.24) is 15.8 Å². The van der Waals surface area contributed by atoms with Crippen molar-refractivity contribution in [2.45, 2.75) is 6.23 Å². The van der Waals surface area contributed by atoms with E-state index < -0.39 is 12.2 Å². The third-order valence-electron chi connectivity index (χ3n) is 2.17. The van der Waals surface area contributed by atoms with E-state index in [9.17, 15) is 9.90 Å². The number of hydrogen-bond donors (Lipinski definition) is 4. The highest BCUT2D eigenvalue weighted by Crippen LogP contribution is 2.07. The van der Waals surface area contributed by atoms with E-state index in [0.29, 0.717) is 5.56 Å². The Hall–Kier alpha value is -1.96. The molecule has 4 N–H and O–H groups in total. The summed E-state index contributed by atoms with van der Waals surface area (Å²) in [4.78, 5) is 14.7. The number of aliphatic imine (C=N–C) groups is 1. The number of aliphatic carboxylic acids is 1. The Labute approximate surface area is 111 Å². The van der Waals surface area contributed by atoms with Crippen LogP contribution in [0.4, 0.5) is 0 Å². The summed E-state index contributed by atoms with van der Waals surface area (Å²) in [5.74, 6) is -1.36. The average Bonchev–Trinajstić information content (AvgIpc) is 2.37. The van der Waals surface area contributed by atoms with Crippen molar-refractivity contribution in [3.63, 3.8) is 0 Å². The average molecular weight is 266 g/mol. The van der Waals surface area contributed by atoms with Gasteiger partial charge in [0.05, 0.1) is 6.67 Å². The molecule has 0 aliphatic heterocycles. The molecule has 0 radical (unpaired) electrons. The molecule has 1 unspecified atom stereocenters. The van der Waals surface area contributed by atoms with E-state index in [1.165, 1.54) is 5.01 Å². The lowest BCUT2D eigenvalue weighted by Gasteiger charge is -2.14. The number of hydrogen-bond acceptors (Lipinski definition) is 5. The zero-order valence-electron chi connectivity index (χ0n) is 10.9. The molecule has 1 aromatic carbocycles. The number of aliphatic hydroxyl groups is 1. The van der Waals surface area contributed by atoms with Gasteiger partial charge in [0.25, 0.3) is 0 Å². The van der Waals surface area contributed by atoms with Crippen molar-refractivity contribution in [2.75, 3.05) is 20.8 Å². The predicted molar refractivity (Wildman–Crippen MR) is 71.3 cm³/mol. The number of nitrogens with zero attached hydrogens (tertiary/aromatic N) is 2. The fourth-order valence-electron chi connectivity index (χ4n) is 1.33. The number of carboxylic acid groups (broad SMARTS) is 1. The Morgan fingerprint density at radius 3 is 2.53 bits per heavy atom. The van der Waals surface area contributed by atoms with E-state index in [0.717, 1.165) is 0 Å². The first kappa shape index (κ1) is 15.1. The molecule has 0 aromatic heterocycles. The van der Waals surface area contributed by atoms with Crippen molar-refractivity contribution < 1.29 is 15.0 Å². The van der Waals surface area contributed by atoms with Crippen LogP contribution in [0.5, 0.6) is 0 Å². The highest BCUT2D eigenvalue weighted by atomic mass is 16.4. The van der Waals surface area contributed by atoms with Crippen LogP contribution in [0.1, 0.15) is 11.8 Å². The number of nitrogens with one attached hydrogen (secondary N) is 2. The zero-order valence-corrected chi connectivity index (χ0v) is 10.9. The van der Waals surface area contributed by atoms with Gasteiger partial charge in [-0.15, -0.1) is 0 Å². The van der Waals surface area contributed by atoms with E-state index in [-0.39, 0.29) is 12.5 Å². The van der Waals surface area contributed by atoms with Crippen LogP contribution >= 0.6 is 0 Å². The first-order chi connectivity index (χ1) is 9.00. The monoisotopic (exact) mass is 266 g/mol. The first-order valence-corrected chi connectivity index (χ1v) is 5.69. The van der Waals surface area contributed by atoms with Gasteiger partial charge in [0.15, 0.2) is 0 Å². The summed E-state index contributed by atoms with van der Waals surface area (Å²) in [5.41, 5.74) is 3.24. The second-order valence-corrected chi connectivity index (χ2v) is 3.99. The van der Waals surface area contributed by atoms with E-state index in [4.69, 9.17) is 5.11 Å². The highest BCUT2D eigenvalue weighted by molar-refractivity contribution is 6.34. The molecule has 0 saturated heterocycles. The molecule has 1 rings (SSSR count). The van der Waals surface area contributed by atoms with Crippen molar-refractivity contribution >= 4 is 11.8 Å². The van der Waals surface area contributed by atoms with Gasteiger partial charge < -0.3 is 10.2 Å². The molecule has 0 bridgehead atoms. The van der Waals surface area contributed by atoms with E-state index in [1.807, 2.05) is 6.07 Å². The molecule has 1 atom stereocenters. The van der Waals surface area contributed by atoms with Crippen LogP contribution < -0.4 is 10.7 Å². The van der Waals surface area contributed by atoms with Crippen molar-refractivity contribution in [1.29, 1.82) is 0 Å². The third-order valence-corrected chi connectivity index (χ3v) is 2.17. The Bertz CT molecular complexity index is 434. The Balaban J connectivity index is 2.53. The summed E-state index contributed by atoms with van der Waals surface area (Å²) in [5, 5.41) is 22.9. The second kappa shape index (κ2) is 7.47. The number of benzene rings is 1. The number of carboxylic acids is 1. The maximum atomic E-state index is 10.9. The molecule has 104 valence electrons. The summed E-state index contributed by atoms with van der Waals surface area (Å²) in [6.45, 7) is -0.0153. The maximum Gasteiger partial charge on any atom is 0.372 e. The lowest BCUT2D eigenvalue weighted by Crippen LogP contribution is -2.41. The number of amidine groups is 1. The van der Waals surface area contributed by atoms with Gasteiger partial charge in [-0.05, 0) is 5.56 Å². The SMILES string of the molecule is CN(C)N/C(=N\CNC(O)c1ccccc1)C(=O)O. The molecule has 0 amide bonds. The normalized spacial score (nSPS) is 13.4. The standard InChI is InChI=1S/C12H18N4O3/c1-16(2)15-10(12(18)19)13-8-14-11(17)9-6-4-3-5-7-9/h3-7,11,14,17H,8H2,1-2H3,(H,13,15)(H,18,19). The van der Waals surface area contributed by atoms with Gasteiger partial charge in [-0.3, -0.25) is 10.7 Å². The predicted octanol–water partition coefficient (Wildman–Crippen LogP) is -0.226. The van der Waals surface area contributed by atoms with Gasteiger partial charge in [0.2, 0.25) is 5.84 Å². The van der Waals surface area contributed by atoms with Gasteiger partial charge in [-0.25, -0.2) is 14.8 Å². The minimum absolute atomic E-state index is 0.0153. The Morgan fingerprint density at radius 2 is 2.00 bits per heavy atom. The molecule has 1 aromatic rings. The molecule has 0 heterocycles. The zero-order chi connectivity index (χ0) is 14.3. The summed E-state index contributed by atoms with van der Waals surface area (Å²) in [6.07, 6.45) is -0.889. The van der Waals surface area contributed by atoms with Crippen LogP contribution in [-0.4, -0.2) is 47.8 Å². The lowest BCUT2D eigenvalue weighted by molar-refractivity contribution is -0.129. The maximum absolute atomic E-state index is 10.9. The topological polar surface area (TPSA) is 97.2 Å². The smallest absolute Gasteiger partial charge is 0.372 e. The number of hydrazine groups is 1. The molecule has 0 aliphatic carbocycles. The third kappa shape index (κ3) is 5.47. The molecule has 7 heteroatoms. The van der Waals surface area contributed by atoms with Crippen molar-refractivity contribution in [3.8, 4) is 0 Å². The number of rotatable bonds is 5. The minimum atomic E-state index is -1.16. The Morgan fingerprint density at radius 1 is 1.37 bits per heavy atom. The Kier molecular flexibility index (Phi) is 5.94. The molecular formula is C12H18N4O3. The van der Waals surface area contributed by atoms with E-state index in [2.05, 4.69) is 15.7 Å². The van der Waals surface area contributed by atoms with E-state index >= 15 is 0 Å². The van der Waals surface area contributed by atoms with Crippen LogP contribution in [0.25, 0.3) is 0 Å². The van der Waals surface area contributed by atoms with Crippen molar-refractivity contribution in [3.05, 3.63) is 35.9 Å². The summed E-state index contributed by atoms with van der Waals surface area (Å²) in [6, 6.07) is 8.98. The summed E-state index contributed by atoms with van der Waals surface area (Å²) < 4.78 is 0. The quantitative estimate of drug-likeness (QED) is 0.254. The van der Waals surface area contributed by atoms with Crippen LogP contribution in [0, 0.1) is 0 Å². The molecule has 0 fully saturated rings. The molecular weight excluding hydrogens is 248 g/mol. The summed E-state index contributed by atoms with van der Waals surface area (Å²) >= 11 is 0. The molecule has 0 aliphatic rings. The van der Waals surface area contributed by atoms with Gasteiger partial charge >= 0.3 is 5.97 Å². The number of carbonyl (C=O) groups is 1. The lowest BCUT2D eigenvalue weighted by atomic mass is 10.2. The summed E-state index contributed by atoms with van der Waals surface area (Å²) in [7, 11) is 3.31. The second-order valence-electron chi connectivity index (χ2n) is 3.99. The molecule has 19 heavy (non-hydrogen) atoms. The van der Waals surface area contributed by atoms with Gasteiger partial charge in [-0.2, -0.15) is 0 Å².